The summed E-state index contributed by atoms with van der Waals surface area (Å²) in [6.45, 7) is 6.35. The maximum absolute atomic E-state index is 14.3. The fraction of sp³-hybridized carbons (Fsp3) is 0.538. The van der Waals surface area contributed by atoms with Gasteiger partial charge < -0.3 is 4.90 Å². The number of nitrogens with zero attached hydrogens (tertiary/aromatic N) is 2. The molecule has 0 spiro atoms. The topological polar surface area (TPSA) is 66.6 Å². The van der Waals surface area contributed by atoms with E-state index in [0.29, 0.717) is 23.2 Å². The van der Waals surface area contributed by atoms with Crippen molar-refractivity contribution in [1.29, 1.82) is 0 Å². The van der Waals surface area contributed by atoms with Gasteiger partial charge in [0.05, 0.1) is 10.6 Å². The fourth-order valence-electron chi connectivity index (χ4n) is 2.52. The quantitative estimate of drug-likeness (QED) is 0.865. The van der Waals surface area contributed by atoms with Crippen LogP contribution in [-0.4, -0.2) is 46.0 Å². The molecule has 1 aliphatic heterocycles. The fourth-order valence-corrected chi connectivity index (χ4v) is 3.91. The van der Waals surface area contributed by atoms with Gasteiger partial charge in [-0.25, -0.2) is 17.9 Å². The Bertz CT molecular complexity index is 593. The van der Waals surface area contributed by atoms with Crippen molar-refractivity contribution in [3.63, 3.8) is 0 Å². The van der Waals surface area contributed by atoms with E-state index in [1.165, 1.54) is 6.07 Å². The minimum Gasteiger partial charge on any atom is -0.366 e. The summed E-state index contributed by atoms with van der Waals surface area (Å²) in [5.41, 5.74) is 0.401. The largest absolute Gasteiger partial charge is 0.366 e. The summed E-state index contributed by atoms with van der Waals surface area (Å²) >= 11 is 3.26. The van der Waals surface area contributed by atoms with Crippen LogP contribution in [-0.2, 0) is 10.0 Å². The van der Waals surface area contributed by atoms with E-state index in [1.54, 1.807) is 0 Å². The molecule has 1 aromatic rings. The Kier molecular flexibility index (Phi) is 5.24. The van der Waals surface area contributed by atoms with Gasteiger partial charge in [-0.05, 0) is 41.0 Å². The van der Waals surface area contributed by atoms with E-state index < -0.39 is 15.8 Å². The molecule has 1 aromatic carbocycles. The van der Waals surface area contributed by atoms with Crippen LogP contribution in [0.3, 0.4) is 0 Å². The Labute approximate surface area is 133 Å². The van der Waals surface area contributed by atoms with Crippen LogP contribution in [0.1, 0.15) is 13.3 Å². The van der Waals surface area contributed by atoms with Gasteiger partial charge in [0.1, 0.15) is 5.82 Å². The minimum atomic E-state index is -3.91. The molecule has 0 bridgehead atoms. The first kappa shape index (κ1) is 16.7. The first-order chi connectivity index (χ1) is 9.82. The van der Waals surface area contributed by atoms with Crippen molar-refractivity contribution in [2.75, 3.05) is 37.6 Å². The van der Waals surface area contributed by atoms with Gasteiger partial charge in [0.25, 0.3) is 0 Å². The van der Waals surface area contributed by atoms with E-state index in [0.717, 1.165) is 32.1 Å². The minimum absolute atomic E-state index is 0.222. The molecule has 0 aromatic heterocycles. The van der Waals surface area contributed by atoms with Crippen molar-refractivity contribution < 1.29 is 12.8 Å². The zero-order chi connectivity index (χ0) is 15.6. The van der Waals surface area contributed by atoms with Gasteiger partial charge in [0.2, 0.25) is 10.0 Å². The molecule has 0 radical (unpaired) electrons. The summed E-state index contributed by atoms with van der Waals surface area (Å²) in [6, 6.07) is 2.33. The van der Waals surface area contributed by atoms with Crippen LogP contribution in [0, 0.1) is 5.82 Å². The summed E-state index contributed by atoms with van der Waals surface area (Å²) in [5, 5.41) is 5.04. The lowest BCUT2D eigenvalue weighted by molar-refractivity contribution is 0.257. The number of halogens is 2. The van der Waals surface area contributed by atoms with Crippen molar-refractivity contribution in [2.24, 2.45) is 5.14 Å². The maximum Gasteiger partial charge on any atom is 0.238 e. The average Bonchev–Trinajstić information content (AvgIpc) is 2.39. The van der Waals surface area contributed by atoms with Gasteiger partial charge in [0.15, 0.2) is 0 Å². The monoisotopic (exact) mass is 379 g/mol. The number of benzene rings is 1. The highest BCUT2D eigenvalue weighted by atomic mass is 79.9. The Hall–Kier alpha value is -0.700. The van der Waals surface area contributed by atoms with Gasteiger partial charge in [0, 0.05) is 30.7 Å². The lowest BCUT2D eigenvalue weighted by atomic mass is 10.2. The second-order valence-corrected chi connectivity index (χ2v) is 7.52. The number of anilines is 1. The first-order valence-corrected chi connectivity index (χ1v) is 9.16. The lowest BCUT2D eigenvalue weighted by Gasteiger charge is -2.36. The predicted molar refractivity (Wildman–Crippen MR) is 84.4 cm³/mol. The van der Waals surface area contributed by atoms with Crippen molar-refractivity contribution in [3.05, 3.63) is 22.4 Å². The van der Waals surface area contributed by atoms with Crippen molar-refractivity contribution in [1.82, 2.24) is 4.90 Å². The molecule has 2 rings (SSSR count). The van der Waals surface area contributed by atoms with Gasteiger partial charge in [-0.1, -0.05) is 6.92 Å². The molecule has 0 atom stereocenters. The predicted octanol–water partition coefficient (Wildman–Crippen LogP) is 1.77. The normalized spacial score (nSPS) is 17.2. The summed E-state index contributed by atoms with van der Waals surface area (Å²) in [5.74, 6) is -0.572. The number of hydrogen-bond acceptors (Lipinski definition) is 4. The molecular weight excluding hydrogens is 361 g/mol. The number of rotatable bonds is 4. The molecule has 0 unspecified atom stereocenters. The van der Waals surface area contributed by atoms with Crippen LogP contribution >= 0.6 is 15.9 Å². The molecule has 118 valence electrons. The number of piperazine rings is 1. The number of nitrogens with two attached hydrogens (primary N) is 1. The third-order valence-electron chi connectivity index (χ3n) is 3.55. The van der Waals surface area contributed by atoms with E-state index in [9.17, 15) is 12.8 Å². The Morgan fingerprint density at radius 2 is 1.90 bits per heavy atom. The average molecular weight is 380 g/mol. The molecule has 5 nitrogen and oxygen atoms in total. The van der Waals surface area contributed by atoms with Crippen LogP contribution in [0.25, 0.3) is 0 Å². The summed E-state index contributed by atoms with van der Waals surface area (Å²) in [6.07, 6.45) is 1.10. The van der Waals surface area contributed by atoms with Gasteiger partial charge in [-0.2, -0.15) is 0 Å². The van der Waals surface area contributed by atoms with Crippen LogP contribution in [0.2, 0.25) is 0 Å². The van der Waals surface area contributed by atoms with Gasteiger partial charge in [-0.3, -0.25) is 4.90 Å². The highest BCUT2D eigenvalue weighted by Gasteiger charge is 2.23. The zero-order valence-corrected chi connectivity index (χ0v) is 14.3. The summed E-state index contributed by atoms with van der Waals surface area (Å²) in [7, 11) is -3.91. The molecule has 0 aliphatic carbocycles. The second-order valence-electron chi connectivity index (χ2n) is 5.11. The van der Waals surface area contributed by atoms with E-state index >= 15 is 0 Å². The first-order valence-electron chi connectivity index (χ1n) is 6.82. The molecule has 1 aliphatic rings. The van der Waals surface area contributed by atoms with E-state index in [-0.39, 0.29) is 4.90 Å². The molecule has 1 fully saturated rings. The number of sulfonamides is 1. The Morgan fingerprint density at radius 1 is 1.29 bits per heavy atom. The summed E-state index contributed by atoms with van der Waals surface area (Å²) in [4.78, 5) is 4.04. The molecule has 21 heavy (non-hydrogen) atoms. The highest BCUT2D eigenvalue weighted by molar-refractivity contribution is 9.10. The van der Waals surface area contributed by atoms with Gasteiger partial charge in [-0.15, -0.1) is 0 Å². The molecule has 1 heterocycles. The van der Waals surface area contributed by atoms with Crippen molar-refractivity contribution >= 4 is 31.6 Å². The lowest BCUT2D eigenvalue weighted by Crippen LogP contribution is -2.47. The van der Waals surface area contributed by atoms with E-state index in [2.05, 4.69) is 27.8 Å². The van der Waals surface area contributed by atoms with Gasteiger partial charge >= 0.3 is 0 Å². The van der Waals surface area contributed by atoms with E-state index in [4.69, 9.17) is 5.14 Å². The van der Waals surface area contributed by atoms with E-state index in [1.807, 2.05) is 4.90 Å². The molecular formula is C13H19BrFN3O2S. The third-order valence-corrected chi connectivity index (χ3v) is 5.04. The number of hydrogen-bond donors (Lipinski definition) is 1. The number of primary sulfonamides is 1. The molecule has 0 saturated carbocycles. The van der Waals surface area contributed by atoms with Crippen LogP contribution < -0.4 is 10.0 Å². The third kappa shape index (κ3) is 3.94. The Balaban J connectivity index is 2.22. The zero-order valence-electron chi connectivity index (χ0n) is 11.8. The molecule has 2 N–H and O–H groups in total. The van der Waals surface area contributed by atoms with Crippen LogP contribution in [0.5, 0.6) is 0 Å². The smallest absolute Gasteiger partial charge is 0.238 e. The van der Waals surface area contributed by atoms with Crippen LogP contribution in [0.4, 0.5) is 10.1 Å². The molecule has 8 heteroatoms. The van der Waals surface area contributed by atoms with Crippen molar-refractivity contribution in [2.45, 2.75) is 18.2 Å². The highest BCUT2D eigenvalue weighted by Crippen LogP contribution is 2.32. The molecule has 1 saturated heterocycles. The van der Waals surface area contributed by atoms with Crippen LogP contribution in [0.15, 0.2) is 21.5 Å². The summed E-state index contributed by atoms with van der Waals surface area (Å²) < 4.78 is 37.3. The molecule has 0 amide bonds. The standard InChI is InChI=1S/C13H19BrFN3O2S/c1-2-3-17-4-6-18(7-5-17)13-11(14)8-10(9-12(13)15)21(16,19)20/h8-9H,2-7H2,1H3,(H2,16,19,20). The second kappa shape index (κ2) is 6.60. The SMILES string of the molecule is CCCN1CCN(c2c(F)cc(S(N)(=O)=O)cc2Br)CC1. The van der Waals surface area contributed by atoms with Crippen molar-refractivity contribution in [3.8, 4) is 0 Å². The Morgan fingerprint density at radius 3 is 2.38 bits per heavy atom. The maximum atomic E-state index is 14.3.